The molecule has 0 heterocycles. The maximum atomic E-state index is 2.58. The molecule has 0 amide bonds. The molecule has 18 heavy (non-hydrogen) atoms. The van der Waals surface area contributed by atoms with Crippen molar-refractivity contribution in [3.8, 4) is 0 Å². The average molecular weight is 250 g/mol. The van der Waals surface area contributed by atoms with Gasteiger partial charge in [0.25, 0.3) is 0 Å². The molecule has 2 rings (SSSR count). The smallest absolute Gasteiger partial charge is 0.0233 e. The standard InChI is InChI=1S/C18H34/c1-10-17(8)11-18(9)14(12(2)15(17,4)5)13(3)16(18,6)7/h12-14H,10-11H2,1-9H3. The fourth-order valence-corrected chi connectivity index (χ4v) is 5.80. The first-order valence-corrected chi connectivity index (χ1v) is 7.96. The summed E-state index contributed by atoms with van der Waals surface area (Å²) in [6.07, 6.45) is 2.73. The Morgan fingerprint density at radius 1 is 0.833 bits per heavy atom. The van der Waals surface area contributed by atoms with E-state index in [0.29, 0.717) is 21.7 Å². The van der Waals surface area contributed by atoms with E-state index >= 15 is 0 Å². The summed E-state index contributed by atoms with van der Waals surface area (Å²) in [5.74, 6) is 2.63. The quantitative estimate of drug-likeness (QED) is 0.554. The van der Waals surface area contributed by atoms with Crippen LogP contribution in [0.3, 0.4) is 0 Å². The van der Waals surface area contributed by atoms with Gasteiger partial charge in [0.05, 0.1) is 0 Å². The van der Waals surface area contributed by atoms with E-state index in [9.17, 15) is 0 Å². The molecule has 0 aliphatic heterocycles. The molecule has 0 nitrogen and oxygen atoms in total. The van der Waals surface area contributed by atoms with Gasteiger partial charge >= 0.3 is 0 Å². The highest BCUT2D eigenvalue weighted by atomic mass is 14.7. The predicted octanol–water partition coefficient (Wildman–Crippen LogP) is 5.77. The predicted molar refractivity (Wildman–Crippen MR) is 80.5 cm³/mol. The fourth-order valence-electron chi connectivity index (χ4n) is 5.80. The van der Waals surface area contributed by atoms with Crippen molar-refractivity contribution in [1.29, 1.82) is 0 Å². The minimum atomic E-state index is 0.469. The van der Waals surface area contributed by atoms with Crippen LogP contribution in [-0.2, 0) is 0 Å². The van der Waals surface area contributed by atoms with Crippen molar-refractivity contribution in [2.75, 3.05) is 0 Å². The van der Waals surface area contributed by atoms with Gasteiger partial charge in [-0.15, -0.1) is 0 Å². The van der Waals surface area contributed by atoms with Gasteiger partial charge < -0.3 is 0 Å². The number of rotatable bonds is 1. The molecule has 0 heteroatoms. The van der Waals surface area contributed by atoms with Gasteiger partial charge in [-0.1, -0.05) is 68.7 Å². The number of hydrogen-bond acceptors (Lipinski definition) is 0. The maximum Gasteiger partial charge on any atom is -0.0233 e. The van der Waals surface area contributed by atoms with Gasteiger partial charge in [0.1, 0.15) is 0 Å². The Kier molecular flexibility index (Phi) is 2.84. The molecule has 2 saturated carbocycles. The van der Waals surface area contributed by atoms with Crippen LogP contribution in [0, 0.1) is 39.4 Å². The van der Waals surface area contributed by atoms with Crippen molar-refractivity contribution < 1.29 is 0 Å². The third kappa shape index (κ3) is 1.28. The third-order valence-electron chi connectivity index (χ3n) is 8.66. The summed E-state index contributed by atoms with van der Waals surface area (Å²) in [6, 6.07) is 0. The van der Waals surface area contributed by atoms with Crippen molar-refractivity contribution >= 4 is 0 Å². The van der Waals surface area contributed by atoms with Crippen LogP contribution in [0.1, 0.15) is 75.2 Å². The summed E-state index contributed by atoms with van der Waals surface area (Å²) in [5.41, 5.74) is 2.02. The van der Waals surface area contributed by atoms with Crippen molar-refractivity contribution in [2.24, 2.45) is 39.4 Å². The highest BCUT2D eigenvalue weighted by Crippen LogP contribution is 2.77. The van der Waals surface area contributed by atoms with Crippen molar-refractivity contribution in [3.05, 3.63) is 0 Å². The van der Waals surface area contributed by atoms with Crippen LogP contribution in [0.15, 0.2) is 0 Å². The van der Waals surface area contributed by atoms with Gasteiger partial charge in [0.2, 0.25) is 0 Å². The molecule has 2 aliphatic rings. The van der Waals surface area contributed by atoms with Gasteiger partial charge in [-0.2, -0.15) is 0 Å². The molecule has 0 radical (unpaired) electrons. The largest absolute Gasteiger partial charge is 0.0648 e. The van der Waals surface area contributed by atoms with Gasteiger partial charge in [-0.3, -0.25) is 0 Å². The summed E-state index contributed by atoms with van der Waals surface area (Å²) in [5, 5.41) is 0. The lowest BCUT2D eigenvalue weighted by Gasteiger charge is -2.76. The molecule has 0 N–H and O–H groups in total. The van der Waals surface area contributed by atoms with Crippen molar-refractivity contribution in [3.63, 3.8) is 0 Å². The molecule has 2 aliphatic carbocycles. The van der Waals surface area contributed by atoms with Gasteiger partial charge in [0, 0.05) is 0 Å². The summed E-state index contributed by atoms with van der Waals surface area (Å²) in [7, 11) is 0. The molecule has 0 saturated heterocycles. The topological polar surface area (TPSA) is 0 Å². The molecule has 5 atom stereocenters. The molecule has 0 bridgehead atoms. The van der Waals surface area contributed by atoms with Gasteiger partial charge in [0.15, 0.2) is 0 Å². The zero-order valence-corrected chi connectivity index (χ0v) is 14.1. The molecule has 0 spiro atoms. The average Bonchev–Trinajstić information content (AvgIpc) is 2.26. The van der Waals surface area contributed by atoms with E-state index < -0.39 is 0 Å². The van der Waals surface area contributed by atoms with Crippen LogP contribution < -0.4 is 0 Å². The number of fused-ring (bicyclic) bond motifs is 1. The van der Waals surface area contributed by atoms with E-state index in [4.69, 9.17) is 0 Å². The maximum absolute atomic E-state index is 2.58. The second kappa shape index (κ2) is 3.55. The van der Waals surface area contributed by atoms with Crippen LogP contribution in [0.25, 0.3) is 0 Å². The van der Waals surface area contributed by atoms with Gasteiger partial charge in [-0.05, 0) is 45.8 Å². The van der Waals surface area contributed by atoms with E-state index in [1.54, 1.807) is 0 Å². The molecular weight excluding hydrogens is 216 g/mol. The highest BCUT2D eigenvalue weighted by molar-refractivity contribution is 5.18. The van der Waals surface area contributed by atoms with E-state index in [2.05, 4.69) is 62.3 Å². The molecule has 0 aromatic carbocycles. The van der Waals surface area contributed by atoms with Crippen LogP contribution in [0.5, 0.6) is 0 Å². The van der Waals surface area contributed by atoms with E-state index in [-0.39, 0.29) is 0 Å². The molecule has 2 fully saturated rings. The molecular formula is C18H34. The normalized spacial score (nSPS) is 53.5. The van der Waals surface area contributed by atoms with Crippen LogP contribution in [0.4, 0.5) is 0 Å². The lowest BCUT2D eigenvalue weighted by Crippen LogP contribution is -2.70. The monoisotopic (exact) mass is 250 g/mol. The first-order chi connectivity index (χ1) is 7.96. The second-order valence-corrected chi connectivity index (χ2v) is 9.05. The van der Waals surface area contributed by atoms with Crippen molar-refractivity contribution in [1.82, 2.24) is 0 Å². The van der Waals surface area contributed by atoms with Crippen LogP contribution >= 0.6 is 0 Å². The van der Waals surface area contributed by atoms with Crippen molar-refractivity contribution in [2.45, 2.75) is 75.2 Å². The zero-order chi connectivity index (χ0) is 14.1. The molecule has 5 unspecified atom stereocenters. The van der Waals surface area contributed by atoms with E-state index in [1.165, 1.54) is 12.8 Å². The summed E-state index contributed by atoms with van der Waals surface area (Å²) >= 11 is 0. The summed E-state index contributed by atoms with van der Waals surface area (Å²) < 4.78 is 0. The zero-order valence-electron chi connectivity index (χ0n) is 14.1. The SMILES string of the molecule is CCC1(C)CC2(C)C(C(C)C1(C)C)C(C)C2(C)C. The Hall–Kier alpha value is 0. The second-order valence-electron chi connectivity index (χ2n) is 9.05. The minimum absolute atomic E-state index is 0.469. The highest BCUT2D eigenvalue weighted by Gasteiger charge is 2.70. The summed E-state index contributed by atoms with van der Waals surface area (Å²) in [6.45, 7) is 22.6. The molecule has 106 valence electrons. The Bertz CT molecular complexity index is 351. The first kappa shape index (κ1) is 14.4. The molecule has 0 aromatic heterocycles. The van der Waals surface area contributed by atoms with Crippen LogP contribution in [0.2, 0.25) is 0 Å². The number of hydrogen-bond donors (Lipinski definition) is 0. The Labute approximate surface area is 115 Å². The third-order valence-corrected chi connectivity index (χ3v) is 8.66. The minimum Gasteiger partial charge on any atom is -0.0648 e. The Morgan fingerprint density at radius 3 is 1.72 bits per heavy atom. The fraction of sp³-hybridized carbons (Fsp3) is 1.00. The first-order valence-electron chi connectivity index (χ1n) is 7.96. The Morgan fingerprint density at radius 2 is 1.28 bits per heavy atom. The van der Waals surface area contributed by atoms with E-state index in [0.717, 1.165) is 17.8 Å². The lowest BCUT2D eigenvalue weighted by molar-refractivity contribution is -0.277. The Balaban J connectivity index is 2.47. The molecule has 0 aromatic rings. The van der Waals surface area contributed by atoms with E-state index in [1.807, 2.05) is 0 Å². The van der Waals surface area contributed by atoms with Gasteiger partial charge in [-0.25, -0.2) is 0 Å². The summed E-state index contributed by atoms with van der Waals surface area (Å²) in [4.78, 5) is 0. The van der Waals surface area contributed by atoms with Crippen LogP contribution in [-0.4, -0.2) is 0 Å². The lowest BCUT2D eigenvalue weighted by atomic mass is 9.29.